The first-order chi connectivity index (χ1) is 15.1. The Balaban J connectivity index is 1.68. The number of carbonyl (C=O) groups excluding carboxylic acids is 1. The molecule has 0 fully saturated rings. The van der Waals surface area contributed by atoms with Gasteiger partial charge in [-0.1, -0.05) is 57.9 Å². The van der Waals surface area contributed by atoms with Gasteiger partial charge in [0.15, 0.2) is 5.71 Å². The Morgan fingerprint density at radius 1 is 0.935 bits per heavy atom. The Morgan fingerprint density at radius 2 is 1.68 bits per heavy atom. The molecule has 0 atom stereocenters. The summed E-state index contributed by atoms with van der Waals surface area (Å²) in [5.74, 6) is -0.257. The summed E-state index contributed by atoms with van der Waals surface area (Å²) in [7, 11) is 0. The third-order valence-corrected chi connectivity index (χ3v) is 6.41. The molecule has 2 heterocycles. The minimum Gasteiger partial charge on any atom is -0.320 e. The van der Waals surface area contributed by atoms with E-state index in [1.807, 2.05) is 82.7 Å². The van der Waals surface area contributed by atoms with Gasteiger partial charge in [-0.05, 0) is 48.0 Å². The van der Waals surface area contributed by atoms with Crippen molar-refractivity contribution >= 4 is 56.2 Å². The van der Waals surface area contributed by atoms with Crippen molar-refractivity contribution < 1.29 is 4.79 Å². The number of hydrogen-bond donors (Lipinski definition) is 1. The lowest BCUT2D eigenvalue weighted by Gasteiger charge is -2.09. The summed E-state index contributed by atoms with van der Waals surface area (Å²) in [6, 6.07) is 23.1. The molecule has 0 radical (unpaired) electrons. The van der Waals surface area contributed by atoms with E-state index in [2.05, 4.69) is 31.4 Å². The third-order valence-electron chi connectivity index (χ3n) is 4.81. The lowest BCUT2D eigenvalue weighted by Crippen LogP contribution is -2.16. The second-order valence-corrected chi connectivity index (χ2v) is 8.96. The number of anilines is 1. The van der Waals surface area contributed by atoms with Gasteiger partial charge in [0.05, 0.1) is 11.4 Å². The number of hydrogen-bond acceptors (Lipinski definition) is 4. The number of rotatable bonds is 3. The average Bonchev–Trinajstić information content (AvgIpc) is 3.34. The molecule has 5 nitrogen and oxygen atoms in total. The second-order valence-electron chi connectivity index (χ2n) is 6.77. The van der Waals surface area contributed by atoms with E-state index in [9.17, 15) is 4.79 Å². The number of para-hydroxylation sites is 1. The highest BCUT2D eigenvalue weighted by molar-refractivity contribution is 9.10. The van der Waals surface area contributed by atoms with Crippen LogP contribution < -0.4 is 10.1 Å². The molecule has 1 aliphatic heterocycles. The van der Waals surface area contributed by atoms with Crippen molar-refractivity contribution in [2.24, 2.45) is 10.2 Å². The summed E-state index contributed by atoms with van der Waals surface area (Å²) in [6.45, 7) is 0. The van der Waals surface area contributed by atoms with Crippen molar-refractivity contribution in [1.29, 1.82) is 0 Å². The van der Waals surface area contributed by atoms with Gasteiger partial charge in [-0.3, -0.25) is 9.36 Å². The standard InChI is InChI=1S/C23H14BrClN4OS/c24-15-7-5-14(6-8-15)20-13-31-23(29(20)17-11-9-16(25)10-12-17)28-27-21-18-3-1-2-4-19(18)26-22(21)30/h1-13H,(H,26,27,30). The van der Waals surface area contributed by atoms with Crippen LogP contribution >= 0.6 is 38.9 Å². The fourth-order valence-electron chi connectivity index (χ4n) is 3.34. The summed E-state index contributed by atoms with van der Waals surface area (Å²) in [4.78, 5) is 13.0. The second kappa shape index (κ2) is 8.26. The molecule has 4 aromatic rings. The molecule has 1 amide bonds. The van der Waals surface area contributed by atoms with Gasteiger partial charge in [-0.25, -0.2) is 0 Å². The number of carbonyl (C=O) groups is 1. The number of halogens is 2. The predicted octanol–water partition coefficient (Wildman–Crippen LogP) is 5.88. The minimum atomic E-state index is -0.257. The molecule has 0 aliphatic carbocycles. The average molecular weight is 510 g/mol. The maximum absolute atomic E-state index is 12.4. The topological polar surface area (TPSA) is 58.8 Å². The highest BCUT2D eigenvalue weighted by Gasteiger charge is 2.25. The molecular weight excluding hydrogens is 496 g/mol. The smallest absolute Gasteiger partial charge is 0.276 e. The fourth-order valence-corrected chi connectivity index (χ4v) is 4.58. The van der Waals surface area contributed by atoms with E-state index in [-0.39, 0.29) is 5.91 Å². The van der Waals surface area contributed by atoms with Crippen LogP contribution in [-0.2, 0) is 4.79 Å². The van der Waals surface area contributed by atoms with Crippen molar-refractivity contribution in [2.45, 2.75) is 0 Å². The Hall–Kier alpha value is -3.00. The van der Waals surface area contributed by atoms with Crippen LogP contribution in [0.1, 0.15) is 5.56 Å². The summed E-state index contributed by atoms with van der Waals surface area (Å²) >= 11 is 11.0. The Kier molecular flexibility index (Phi) is 5.31. The van der Waals surface area contributed by atoms with Crippen LogP contribution in [-0.4, -0.2) is 16.2 Å². The largest absolute Gasteiger partial charge is 0.320 e. The van der Waals surface area contributed by atoms with E-state index in [0.29, 0.717) is 15.5 Å². The number of fused-ring (bicyclic) bond motifs is 1. The molecule has 31 heavy (non-hydrogen) atoms. The lowest BCUT2D eigenvalue weighted by molar-refractivity contribution is -0.110. The zero-order valence-electron chi connectivity index (χ0n) is 15.9. The molecule has 1 N–H and O–H groups in total. The first-order valence-electron chi connectivity index (χ1n) is 9.35. The molecule has 1 aliphatic rings. The van der Waals surface area contributed by atoms with Gasteiger partial charge in [-0.2, -0.15) is 0 Å². The molecule has 1 aromatic heterocycles. The molecule has 8 heteroatoms. The van der Waals surface area contributed by atoms with Gasteiger partial charge in [0.25, 0.3) is 5.91 Å². The fraction of sp³-hybridized carbons (Fsp3) is 0. The zero-order valence-corrected chi connectivity index (χ0v) is 19.1. The maximum atomic E-state index is 12.4. The van der Waals surface area contributed by atoms with Crippen molar-refractivity contribution in [1.82, 2.24) is 4.57 Å². The first-order valence-corrected chi connectivity index (χ1v) is 11.4. The van der Waals surface area contributed by atoms with Gasteiger partial charge < -0.3 is 5.32 Å². The summed E-state index contributed by atoms with van der Waals surface area (Å²) < 4.78 is 3.01. The summed E-state index contributed by atoms with van der Waals surface area (Å²) in [5, 5.41) is 14.3. The van der Waals surface area contributed by atoms with E-state index in [1.54, 1.807) is 0 Å². The van der Waals surface area contributed by atoms with E-state index < -0.39 is 0 Å². The third kappa shape index (κ3) is 3.87. The number of amides is 1. The van der Waals surface area contributed by atoms with Gasteiger partial charge in [0.1, 0.15) is 0 Å². The zero-order chi connectivity index (χ0) is 21.4. The Labute approximate surface area is 195 Å². The lowest BCUT2D eigenvalue weighted by atomic mass is 10.1. The van der Waals surface area contributed by atoms with Crippen LogP contribution in [0.5, 0.6) is 0 Å². The molecule has 152 valence electrons. The number of nitrogens with one attached hydrogen (secondary N) is 1. The SMILES string of the molecule is O=C1Nc2ccccc2C1=NN=c1scc(-c2ccc(Br)cc2)n1-c1ccc(Cl)cc1. The van der Waals surface area contributed by atoms with Crippen molar-refractivity contribution in [3.63, 3.8) is 0 Å². The molecule has 0 saturated carbocycles. The molecular formula is C23H14BrClN4OS. The number of nitrogens with zero attached hydrogens (tertiary/aromatic N) is 3. The summed E-state index contributed by atoms with van der Waals surface area (Å²) in [6.07, 6.45) is 0. The quantitative estimate of drug-likeness (QED) is 0.345. The Bertz CT molecular complexity index is 1390. The highest BCUT2D eigenvalue weighted by atomic mass is 79.9. The van der Waals surface area contributed by atoms with Crippen LogP contribution in [0.15, 0.2) is 92.9 Å². The minimum absolute atomic E-state index is 0.257. The number of benzene rings is 3. The van der Waals surface area contributed by atoms with Crippen molar-refractivity contribution in [3.8, 4) is 16.9 Å². The van der Waals surface area contributed by atoms with Crippen molar-refractivity contribution in [3.05, 3.63) is 98.0 Å². The normalized spacial score (nSPS) is 14.7. The predicted molar refractivity (Wildman–Crippen MR) is 129 cm³/mol. The van der Waals surface area contributed by atoms with Crippen LogP contribution in [0.2, 0.25) is 5.02 Å². The van der Waals surface area contributed by atoms with Gasteiger partial charge in [0.2, 0.25) is 4.80 Å². The van der Waals surface area contributed by atoms with E-state index in [4.69, 9.17) is 11.6 Å². The number of thiazole rings is 1. The molecule has 0 bridgehead atoms. The first kappa shape index (κ1) is 19.9. The molecule has 5 rings (SSSR count). The number of aromatic nitrogens is 1. The summed E-state index contributed by atoms with van der Waals surface area (Å²) in [5.41, 5.74) is 4.70. The van der Waals surface area contributed by atoms with Gasteiger partial charge in [0, 0.05) is 26.1 Å². The van der Waals surface area contributed by atoms with Crippen LogP contribution in [0.4, 0.5) is 5.69 Å². The monoisotopic (exact) mass is 508 g/mol. The molecule has 0 saturated heterocycles. The Morgan fingerprint density at radius 3 is 2.45 bits per heavy atom. The van der Waals surface area contributed by atoms with Crippen LogP contribution in [0, 0.1) is 0 Å². The van der Waals surface area contributed by atoms with E-state index in [0.717, 1.165) is 32.7 Å². The van der Waals surface area contributed by atoms with Gasteiger partial charge in [-0.15, -0.1) is 21.5 Å². The highest BCUT2D eigenvalue weighted by Crippen LogP contribution is 2.26. The van der Waals surface area contributed by atoms with Gasteiger partial charge >= 0.3 is 0 Å². The van der Waals surface area contributed by atoms with Crippen molar-refractivity contribution in [2.75, 3.05) is 5.32 Å². The molecule has 3 aromatic carbocycles. The van der Waals surface area contributed by atoms with E-state index in [1.165, 1.54) is 11.3 Å². The van der Waals surface area contributed by atoms with Crippen LogP contribution in [0.25, 0.3) is 16.9 Å². The molecule has 0 spiro atoms. The molecule has 0 unspecified atom stereocenters. The van der Waals surface area contributed by atoms with Crippen LogP contribution in [0.3, 0.4) is 0 Å². The van der Waals surface area contributed by atoms with E-state index >= 15 is 0 Å². The maximum Gasteiger partial charge on any atom is 0.276 e.